The highest BCUT2D eigenvalue weighted by Gasteiger charge is 2.13. The van der Waals surface area contributed by atoms with Crippen molar-refractivity contribution in [3.05, 3.63) is 64.2 Å². The van der Waals surface area contributed by atoms with Gasteiger partial charge in [-0.1, -0.05) is 41.0 Å². The summed E-state index contributed by atoms with van der Waals surface area (Å²) in [5.74, 6) is -0.901. The Morgan fingerprint density at radius 2 is 2.08 bits per heavy atom. The van der Waals surface area contributed by atoms with Crippen LogP contribution in [-0.4, -0.2) is 26.4 Å². The van der Waals surface area contributed by atoms with Crippen molar-refractivity contribution in [2.75, 3.05) is 11.1 Å². The van der Waals surface area contributed by atoms with E-state index in [0.29, 0.717) is 15.2 Å². The number of nitrogens with zero attached hydrogens (tertiary/aromatic N) is 3. The third-order valence-electron chi connectivity index (χ3n) is 3.48. The van der Waals surface area contributed by atoms with Gasteiger partial charge in [-0.3, -0.25) is 9.36 Å². The number of amides is 1. The summed E-state index contributed by atoms with van der Waals surface area (Å²) < 4.78 is 15.4. The Kier molecular flexibility index (Phi) is 5.80. The smallest absolute Gasteiger partial charge is 0.234 e. The largest absolute Gasteiger partial charge is 0.323 e. The highest BCUT2D eigenvalue weighted by Crippen LogP contribution is 2.24. The van der Waals surface area contributed by atoms with Crippen LogP contribution in [0.15, 0.2) is 47.9 Å². The lowest BCUT2D eigenvalue weighted by Gasteiger charge is -2.09. The van der Waals surface area contributed by atoms with Crippen molar-refractivity contribution in [1.29, 1.82) is 0 Å². The van der Waals surface area contributed by atoms with Crippen molar-refractivity contribution in [1.82, 2.24) is 14.8 Å². The van der Waals surface area contributed by atoms with Gasteiger partial charge in [0.05, 0.1) is 17.1 Å². The van der Waals surface area contributed by atoms with Crippen LogP contribution in [0.4, 0.5) is 10.1 Å². The first-order chi connectivity index (χ1) is 12.4. The normalized spacial score (nSPS) is 10.8. The van der Waals surface area contributed by atoms with Gasteiger partial charge in [0.25, 0.3) is 0 Å². The van der Waals surface area contributed by atoms with Crippen LogP contribution in [0, 0.1) is 12.7 Å². The summed E-state index contributed by atoms with van der Waals surface area (Å²) >= 11 is 13.1. The van der Waals surface area contributed by atoms with E-state index in [1.165, 1.54) is 36.3 Å². The van der Waals surface area contributed by atoms with E-state index in [1.54, 1.807) is 10.6 Å². The summed E-state index contributed by atoms with van der Waals surface area (Å²) in [5, 5.41) is 11.9. The van der Waals surface area contributed by atoms with Gasteiger partial charge >= 0.3 is 0 Å². The number of anilines is 1. The highest BCUT2D eigenvalue weighted by molar-refractivity contribution is 7.99. The van der Waals surface area contributed by atoms with Gasteiger partial charge in [0.15, 0.2) is 5.16 Å². The van der Waals surface area contributed by atoms with Crippen LogP contribution in [0.2, 0.25) is 10.0 Å². The zero-order valence-corrected chi connectivity index (χ0v) is 15.9. The summed E-state index contributed by atoms with van der Waals surface area (Å²) in [6, 6.07) is 9.54. The molecule has 2 aromatic carbocycles. The highest BCUT2D eigenvalue weighted by atomic mass is 35.5. The zero-order valence-electron chi connectivity index (χ0n) is 13.5. The Hall–Kier alpha value is -2.09. The Morgan fingerprint density at radius 1 is 1.27 bits per heavy atom. The molecule has 0 aliphatic heterocycles. The number of aromatic nitrogens is 3. The lowest BCUT2D eigenvalue weighted by molar-refractivity contribution is -0.113. The van der Waals surface area contributed by atoms with Gasteiger partial charge in [-0.25, -0.2) is 4.39 Å². The molecule has 9 heteroatoms. The van der Waals surface area contributed by atoms with Gasteiger partial charge in [-0.15, -0.1) is 10.2 Å². The number of rotatable bonds is 5. The number of carbonyl (C=O) groups is 1. The minimum atomic E-state index is -0.551. The number of hydrogen-bond donors (Lipinski definition) is 1. The van der Waals surface area contributed by atoms with Crippen LogP contribution >= 0.6 is 35.0 Å². The van der Waals surface area contributed by atoms with Gasteiger partial charge in [0.2, 0.25) is 5.91 Å². The summed E-state index contributed by atoms with van der Waals surface area (Å²) in [4.78, 5) is 12.1. The molecule has 26 heavy (non-hydrogen) atoms. The standard InChI is InChI=1S/C17H13Cl2FN4OS/c1-10-2-4-12(7-13(10)19)24-9-21-23-17(24)26-8-16(25)22-15-6-11(18)3-5-14(15)20/h2-7,9H,8H2,1H3,(H,22,25). The maximum absolute atomic E-state index is 13.7. The Bertz CT molecular complexity index is 964. The predicted molar refractivity (Wildman–Crippen MR) is 102 cm³/mol. The van der Waals surface area contributed by atoms with Gasteiger partial charge in [-0.2, -0.15) is 0 Å². The van der Waals surface area contributed by atoms with E-state index in [4.69, 9.17) is 23.2 Å². The van der Waals surface area contributed by atoms with Crippen molar-refractivity contribution in [3.63, 3.8) is 0 Å². The molecule has 0 unspecified atom stereocenters. The van der Waals surface area contributed by atoms with Crippen LogP contribution in [0.3, 0.4) is 0 Å². The summed E-state index contributed by atoms with van der Waals surface area (Å²) in [6.45, 7) is 1.91. The van der Waals surface area contributed by atoms with E-state index < -0.39 is 5.82 Å². The first kappa shape index (κ1) is 18.7. The topological polar surface area (TPSA) is 59.8 Å². The van der Waals surface area contributed by atoms with Crippen LogP contribution in [-0.2, 0) is 4.79 Å². The van der Waals surface area contributed by atoms with Crippen LogP contribution < -0.4 is 5.32 Å². The third kappa shape index (κ3) is 4.35. The quantitative estimate of drug-likeness (QED) is 0.616. The van der Waals surface area contributed by atoms with Gasteiger partial charge in [0.1, 0.15) is 12.1 Å². The van der Waals surface area contributed by atoms with Crippen molar-refractivity contribution < 1.29 is 9.18 Å². The molecular formula is C17H13Cl2FN4OS. The summed E-state index contributed by atoms with van der Waals surface area (Å²) in [7, 11) is 0. The van der Waals surface area contributed by atoms with Crippen molar-refractivity contribution >= 4 is 46.6 Å². The number of nitrogens with one attached hydrogen (secondary N) is 1. The molecule has 0 saturated heterocycles. The molecule has 0 spiro atoms. The molecule has 0 atom stereocenters. The van der Waals surface area contributed by atoms with Crippen molar-refractivity contribution in [2.45, 2.75) is 12.1 Å². The van der Waals surface area contributed by atoms with Crippen LogP contribution in [0.1, 0.15) is 5.56 Å². The number of thioether (sulfide) groups is 1. The summed E-state index contributed by atoms with van der Waals surface area (Å²) in [5.41, 5.74) is 1.78. The first-order valence-electron chi connectivity index (χ1n) is 7.48. The zero-order chi connectivity index (χ0) is 18.7. The Labute approximate surface area is 163 Å². The number of aryl methyl sites for hydroxylation is 1. The maximum Gasteiger partial charge on any atom is 0.234 e. The molecule has 0 bridgehead atoms. The summed E-state index contributed by atoms with van der Waals surface area (Å²) in [6.07, 6.45) is 1.54. The van der Waals surface area contributed by atoms with E-state index in [0.717, 1.165) is 11.3 Å². The predicted octanol–water partition coefficient (Wildman–Crippen LogP) is 4.75. The van der Waals surface area contributed by atoms with Gasteiger partial charge in [-0.05, 0) is 42.8 Å². The minimum absolute atomic E-state index is 0.0320. The molecule has 134 valence electrons. The van der Waals surface area contributed by atoms with Gasteiger partial charge in [0, 0.05) is 10.0 Å². The molecule has 1 N–H and O–H groups in total. The van der Waals surface area contributed by atoms with E-state index in [2.05, 4.69) is 15.5 Å². The van der Waals surface area contributed by atoms with Crippen LogP contribution in [0.25, 0.3) is 5.69 Å². The Balaban J connectivity index is 1.69. The van der Waals surface area contributed by atoms with E-state index in [1.807, 2.05) is 19.1 Å². The molecular weight excluding hydrogens is 398 g/mol. The Morgan fingerprint density at radius 3 is 2.85 bits per heavy atom. The average molecular weight is 411 g/mol. The van der Waals surface area contributed by atoms with Crippen molar-refractivity contribution in [3.8, 4) is 5.69 Å². The lowest BCUT2D eigenvalue weighted by atomic mass is 10.2. The second kappa shape index (κ2) is 8.07. The first-order valence-corrected chi connectivity index (χ1v) is 9.22. The SMILES string of the molecule is Cc1ccc(-n2cnnc2SCC(=O)Nc2cc(Cl)ccc2F)cc1Cl. The number of hydrogen-bond acceptors (Lipinski definition) is 4. The minimum Gasteiger partial charge on any atom is -0.323 e. The molecule has 0 aliphatic carbocycles. The van der Waals surface area contributed by atoms with Crippen LogP contribution in [0.5, 0.6) is 0 Å². The monoisotopic (exact) mass is 410 g/mol. The fourth-order valence-corrected chi connectivity index (χ4v) is 3.22. The molecule has 0 aliphatic rings. The van der Waals surface area contributed by atoms with E-state index in [-0.39, 0.29) is 17.3 Å². The fraction of sp³-hybridized carbons (Fsp3) is 0.118. The third-order valence-corrected chi connectivity index (χ3v) is 5.07. The fourth-order valence-electron chi connectivity index (χ4n) is 2.14. The lowest BCUT2D eigenvalue weighted by Crippen LogP contribution is -2.15. The number of carbonyl (C=O) groups excluding carboxylic acids is 1. The van der Waals surface area contributed by atoms with E-state index in [9.17, 15) is 9.18 Å². The molecule has 0 fully saturated rings. The molecule has 3 rings (SSSR count). The van der Waals surface area contributed by atoms with Gasteiger partial charge < -0.3 is 5.32 Å². The molecule has 0 saturated carbocycles. The molecule has 1 heterocycles. The second-order valence-electron chi connectivity index (χ2n) is 5.38. The van der Waals surface area contributed by atoms with Crippen molar-refractivity contribution in [2.24, 2.45) is 0 Å². The molecule has 1 amide bonds. The van der Waals surface area contributed by atoms with E-state index >= 15 is 0 Å². The average Bonchev–Trinajstić information content (AvgIpc) is 3.07. The molecule has 3 aromatic rings. The number of halogens is 3. The molecule has 1 aromatic heterocycles. The molecule has 0 radical (unpaired) electrons. The number of benzene rings is 2. The second-order valence-corrected chi connectivity index (χ2v) is 7.16. The maximum atomic E-state index is 13.7. The molecule has 5 nitrogen and oxygen atoms in total.